The van der Waals surface area contributed by atoms with Crippen molar-refractivity contribution in [1.29, 1.82) is 0 Å². The number of hydrogen-bond donors (Lipinski definition) is 1. The van der Waals surface area contributed by atoms with E-state index in [0.717, 1.165) is 69.6 Å². The molecule has 1 aliphatic heterocycles. The monoisotopic (exact) mass is 292 g/mol. The van der Waals surface area contributed by atoms with Crippen molar-refractivity contribution >= 4 is 5.95 Å². The van der Waals surface area contributed by atoms with E-state index in [9.17, 15) is 0 Å². The molecular formula is C16H28N4O. The summed E-state index contributed by atoms with van der Waals surface area (Å²) < 4.78 is 5.39. The Morgan fingerprint density at radius 2 is 1.76 bits per heavy atom. The fourth-order valence-corrected chi connectivity index (χ4v) is 2.68. The van der Waals surface area contributed by atoms with E-state index in [1.54, 1.807) is 0 Å². The smallest absolute Gasteiger partial charge is 0.225 e. The number of nitrogens with zero attached hydrogens (tertiary/aromatic N) is 3. The summed E-state index contributed by atoms with van der Waals surface area (Å²) in [4.78, 5) is 11.6. The van der Waals surface area contributed by atoms with E-state index in [1.165, 1.54) is 12.0 Å². The van der Waals surface area contributed by atoms with Gasteiger partial charge in [0.2, 0.25) is 5.95 Å². The van der Waals surface area contributed by atoms with Gasteiger partial charge in [0.15, 0.2) is 0 Å². The Hall–Kier alpha value is -1.20. The van der Waals surface area contributed by atoms with Crippen LogP contribution < -0.4 is 10.2 Å². The molecule has 0 saturated carbocycles. The molecular weight excluding hydrogens is 264 g/mol. The van der Waals surface area contributed by atoms with Crippen LogP contribution in [0.3, 0.4) is 0 Å². The molecule has 0 radical (unpaired) electrons. The number of rotatable bonds is 7. The van der Waals surface area contributed by atoms with Gasteiger partial charge in [-0.15, -0.1) is 0 Å². The minimum Gasteiger partial charge on any atom is -0.378 e. The average molecular weight is 292 g/mol. The Bertz CT molecular complexity index is 421. The summed E-state index contributed by atoms with van der Waals surface area (Å²) in [6.07, 6.45) is 3.38. The lowest BCUT2D eigenvalue weighted by atomic mass is 10.1. The molecule has 0 spiro atoms. The van der Waals surface area contributed by atoms with Gasteiger partial charge in [-0.3, -0.25) is 0 Å². The molecule has 0 aliphatic carbocycles. The average Bonchev–Trinajstić information content (AvgIpc) is 2.50. The lowest BCUT2D eigenvalue weighted by Crippen LogP contribution is -2.37. The molecule has 1 aromatic heterocycles. The summed E-state index contributed by atoms with van der Waals surface area (Å²) in [5.41, 5.74) is 3.56. The molecule has 21 heavy (non-hydrogen) atoms. The highest BCUT2D eigenvalue weighted by atomic mass is 16.5. The van der Waals surface area contributed by atoms with Crippen molar-refractivity contribution in [2.24, 2.45) is 0 Å². The minimum absolute atomic E-state index is 0.770. The highest BCUT2D eigenvalue weighted by Crippen LogP contribution is 2.17. The third-order valence-electron chi connectivity index (χ3n) is 3.91. The number of hydrogen-bond acceptors (Lipinski definition) is 5. The Balaban J connectivity index is 1.96. The molecule has 0 atom stereocenters. The van der Waals surface area contributed by atoms with E-state index in [0.29, 0.717) is 0 Å². The number of aryl methyl sites for hydroxylation is 2. The van der Waals surface area contributed by atoms with Crippen molar-refractivity contribution in [2.75, 3.05) is 44.3 Å². The highest BCUT2D eigenvalue weighted by molar-refractivity contribution is 5.37. The fraction of sp³-hybridized carbons (Fsp3) is 0.750. The van der Waals surface area contributed by atoms with Crippen LogP contribution in [0.25, 0.3) is 0 Å². The van der Waals surface area contributed by atoms with E-state index in [-0.39, 0.29) is 0 Å². The molecule has 1 fully saturated rings. The van der Waals surface area contributed by atoms with Gasteiger partial charge in [-0.25, -0.2) is 9.97 Å². The lowest BCUT2D eigenvalue weighted by molar-refractivity contribution is 0.122. The van der Waals surface area contributed by atoms with Crippen LogP contribution in [0.15, 0.2) is 0 Å². The largest absolute Gasteiger partial charge is 0.378 e. The van der Waals surface area contributed by atoms with Crippen LogP contribution >= 0.6 is 0 Å². The maximum Gasteiger partial charge on any atom is 0.225 e. The summed E-state index contributed by atoms with van der Waals surface area (Å²) in [6, 6.07) is 0. The van der Waals surface area contributed by atoms with Crippen molar-refractivity contribution in [3.63, 3.8) is 0 Å². The molecule has 0 bridgehead atoms. The van der Waals surface area contributed by atoms with Gasteiger partial charge in [0.25, 0.3) is 0 Å². The summed E-state index contributed by atoms with van der Waals surface area (Å²) >= 11 is 0. The minimum atomic E-state index is 0.770. The Morgan fingerprint density at radius 1 is 1.10 bits per heavy atom. The van der Waals surface area contributed by atoms with E-state index in [1.807, 2.05) is 0 Å². The van der Waals surface area contributed by atoms with E-state index >= 15 is 0 Å². The number of aromatic nitrogens is 2. The second-order valence-corrected chi connectivity index (χ2v) is 5.63. The Labute approximate surface area is 128 Å². The van der Waals surface area contributed by atoms with Crippen molar-refractivity contribution in [2.45, 2.75) is 40.0 Å². The molecule has 0 unspecified atom stereocenters. The summed E-state index contributed by atoms with van der Waals surface area (Å²) in [5, 5.41) is 3.44. The van der Waals surface area contributed by atoms with Crippen LogP contribution in [-0.2, 0) is 11.2 Å². The second kappa shape index (κ2) is 8.29. The summed E-state index contributed by atoms with van der Waals surface area (Å²) in [6.45, 7) is 11.9. The zero-order valence-electron chi connectivity index (χ0n) is 13.6. The molecule has 5 nitrogen and oxygen atoms in total. The maximum atomic E-state index is 5.39. The lowest BCUT2D eigenvalue weighted by Gasteiger charge is -2.27. The third-order valence-corrected chi connectivity index (χ3v) is 3.91. The molecule has 1 N–H and O–H groups in total. The first-order valence-corrected chi connectivity index (χ1v) is 8.10. The van der Waals surface area contributed by atoms with Crippen LogP contribution in [0, 0.1) is 13.8 Å². The topological polar surface area (TPSA) is 50.3 Å². The SMILES string of the molecule is CCCNCCCc1c(C)nc(N2CCOCC2)nc1C. The van der Waals surface area contributed by atoms with Gasteiger partial charge >= 0.3 is 0 Å². The van der Waals surface area contributed by atoms with Gasteiger partial charge in [-0.1, -0.05) is 6.92 Å². The van der Waals surface area contributed by atoms with Crippen LogP contribution in [0.1, 0.15) is 36.7 Å². The summed E-state index contributed by atoms with van der Waals surface area (Å²) in [7, 11) is 0. The van der Waals surface area contributed by atoms with Crippen LogP contribution in [-0.4, -0.2) is 49.4 Å². The van der Waals surface area contributed by atoms with E-state index in [4.69, 9.17) is 14.7 Å². The van der Waals surface area contributed by atoms with Gasteiger partial charge < -0.3 is 15.0 Å². The molecule has 2 heterocycles. The molecule has 1 aromatic rings. The fourth-order valence-electron chi connectivity index (χ4n) is 2.68. The van der Waals surface area contributed by atoms with Gasteiger partial charge in [-0.2, -0.15) is 0 Å². The van der Waals surface area contributed by atoms with Crippen LogP contribution in [0.4, 0.5) is 5.95 Å². The number of nitrogens with one attached hydrogen (secondary N) is 1. The first-order chi connectivity index (χ1) is 10.2. The third kappa shape index (κ3) is 4.64. The zero-order chi connectivity index (χ0) is 15.1. The van der Waals surface area contributed by atoms with Gasteiger partial charge in [0.05, 0.1) is 13.2 Å². The van der Waals surface area contributed by atoms with Crippen LogP contribution in [0.2, 0.25) is 0 Å². The Morgan fingerprint density at radius 3 is 2.38 bits per heavy atom. The maximum absolute atomic E-state index is 5.39. The normalized spacial score (nSPS) is 15.5. The van der Waals surface area contributed by atoms with Crippen molar-refractivity contribution in [3.05, 3.63) is 17.0 Å². The zero-order valence-corrected chi connectivity index (χ0v) is 13.6. The predicted molar refractivity (Wildman–Crippen MR) is 86.0 cm³/mol. The molecule has 0 amide bonds. The molecule has 5 heteroatoms. The number of morpholine rings is 1. The van der Waals surface area contributed by atoms with Gasteiger partial charge in [-0.05, 0) is 51.8 Å². The molecule has 0 aromatic carbocycles. The van der Waals surface area contributed by atoms with Gasteiger partial charge in [0.1, 0.15) is 0 Å². The molecule has 1 aliphatic rings. The Kier molecular flexibility index (Phi) is 6.39. The van der Waals surface area contributed by atoms with Crippen LogP contribution in [0.5, 0.6) is 0 Å². The predicted octanol–water partition coefficient (Wildman–Crippen LogP) is 1.86. The first-order valence-electron chi connectivity index (χ1n) is 8.10. The first kappa shape index (κ1) is 16.2. The number of anilines is 1. The van der Waals surface area contributed by atoms with Crippen molar-refractivity contribution in [3.8, 4) is 0 Å². The second-order valence-electron chi connectivity index (χ2n) is 5.63. The van der Waals surface area contributed by atoms with E-state index in [2.05, 4.69) is 31.0 Å². The van der Waals surface area contributed by atoms with Crippen molar-refractivity contribution < 1.29 is 4.74 Å². The standard InChI is InChI=1S/C16H28N4O/c1-4-7-17-8-5-6-15-13(2)18-16(19-14(15)3)20-9-11-21-12-10-20/h17H,4-12H2,1-3H3. The number of ether oxygens (including phenoxy) is 1. The highest BCUT2D eigenvalue weighted by Gasteiger charge is 2.16. The molecule has 118 valence electrons. The van der Waals surface area contributed by atoms with Crippen molar-refractivity contribution in [1.82, 2.24) is 15.3 Å². The van der Waals surface area contributed by atoms with E-state index < -0.39 is 0 Å². The quantitative estimate of drug-likeness (QED) is 0.777. The molecule has 1 saturated heterocycles. The summed E-state index contributed by atoms with van der Waals surface area (Å²) in [5.74, 6) is 0.862. The van der Waals surface area contributed by atoms with Gasteiger partial charge in [0, 0.05) is 24.5 Å². The molecule has 2 rings (SSSR count).